The first-order chi connectivity index (χ1) is 14.8. The van der Waals surface area contributed by atoms with Crippen LogP contribution in [0, 0.1) is 6.92 Å². The minimum Gasteiger partial charge on any atom is -0.487 e. The SMILES string of the molecule is Cc1c(CCC(=O)N2CCc3nc[nH]c3C2)c(=O)oc2cc3c(cc12)CCC(C)(C)O3. The van der Waals surface area contributed by atoms with Crippen LogP contribution in [0.25, 0.3) is 11.0 Å². The molecule has 4 heterocycles. The number of ether oxygens (including phenoxy) is 1. The zero-order valence-electron chi connectivity index (χ0n) is 18.2. The molecular weight excluding hydrogens is 394 g/mol. The van der Waals surface area contributed by atoms with Crippen molar-refractivity contribution in [1.82, 2.24) is 14.9 Å². The smallest absolute Gasteiger partial charge is 0.339 e. The lowest BCUT2D eigenvalue weighted by Crippen LogP contribution is -2.36. The monoisotopic (exact) mass is 421 g/mol. The molecule has 31 heavy (non-hydrogen) atoms. The standard InChI is InChI=1S/C24H27N3O4/c1-14-16(4-5-22(28)27-9-7-18-19(12-27)26-13-25-18)23(29)30-21-11-20-15(10-17(14)21)6-8-24(2,3)31-20/h10-11,13H,4-9,12H2,1-3H3,(H,25,26). The number of rotatable bonds is 3. The third-order valence-corrected chi connectivity index (χ3v) is 6.57. The summed E-state index contributed by atoms with van der Waals surface area (Å²) in [6.07, 6.45) is 4.95. The van der Waals surface area contributed by atoms with Crippen LogP contribution in [0.1, 0.15) is 54.8 Å². The number of nitrogens with one attached hydrogen (secondary N) is 1. The van der Waals surface area contributed by atoms with Gasteiger partial charge in [-0.1, -0.05) is 0 Å². The van der Waals surface area contributed by atoms with Crippen LogP contribution < -0.4 is 10.4 Å². The van der Waals surface area contributed by atoms with Crippen LogP contribution in [0.5, 0.6) is 5.75 Å². The Labute approximate surface area is 180 Å². The average Bonchev–Trinajstić information content (AvgIpc) is 3.19. The average molecular weight is 421 g/mol. The number of amides is 1. The third-order valence-electron chi connectivity index (χ3n) is 6.57. The molecule has 7 nitrogen and oxygen atoms in total. The first-order valence-electron chi connectivity index (χ1n) is 10.9. The number of carbonyl (C=O) groups is 1. The van der Waals surface area contributed by atoms with Crippen molar-refractivity contribution in [3.8, 4) is 5.75 Å². The maximum Gasteiger partial charge on any atom is 0.339 e. The van der Waals surface area contributed by atoms with Crippen LogP contribution >= 0.6 is 0 Å². The molecule has 0 saturated heterocycles. The number of aromatic nitrogens is 2. The van der Waals surface area contributed by atoms with Gasteiger partial charge in [0.05, 0.1) is 24.3 Å². The van der Waals surface area contributed by atoms with E-state index in [9.17, 15) is 9.59 Å². The second-order valence-electron chi connectivity index (χ2n) is 9.20. The molecule has 2 aromatic heterocycles. The van der Waals surface area contributed by atoms with E-state index in [0.29, 0.717) is 30.7 Å². The zero-order valence-corrected chi connectivity index (χ0v) is 18.2. The maximum absolute atomic E-state index is 12.8. The first-order valence-corrected chi connectivity index (χ1v) is 10.9. The van der Waals surface area contributed by atoms with Crippen LogP contribution in [0.4, 0.5) is 0 Å². The summed E-state index contributed by atoms with van der Waals surface area (Å²) in [5.74, 6) is 0.831. The van der Waals surface area contributed by atoms with E-state index < -0.39 is 0 Å². The molecule has 0 radical (unpaired) electrons. The number of carbonyl (C=O) groups excluding carboxylic acids is 1. The van der Waals surface area contributed by atoms with Gasteiger partial charge in [0.25, 0.3) is 0 Å². The number of aromatic amines is 1. The van der Waals surface area contributed by atoms with Gasteiger partial charge in [0.15, 0.2) is 0 Å². The molecule has 3 aromatic rings. The molecule has 5 rings (SSSR count). The van der Waals surface area contributed by atoms with Gasteiger partial charge in [-0.3, -0.25) is 4.79 Å². The topological polar surface area (TPSA) is 88.4 Å². The molecule has 0 aliphatic carbocycles. The van der Waals surface area contributed by atoms with Crippen molar-refractivity contribution in [2.75, 3.05) is 6.54 Å². The maximum atomic E-state index is 12.8. The fourth-order valence-corrected chi connectivity index (χ4v) is 4.64. The lowest BCUT2D eigenvalue weighted by Gasteiger charge is -2.32. The predicted molar refractivity (Wildman–Crippen MR) is 116 cm³/mol. The van der Waals surface area contributed by atoms with Gasteiger partial charge in [0, 0.05) is 36.4 Å². The molecule has 1 amide bonds. The highest BCUT2D eigenvalue weighted by Gasteiger charge is 2.28. The summed E-state index contributed by atoms with van der Waals surface area (Å²) in [5, 5.41) is 0.921. The van der Waals surface area contributed by atoms with Crippen molar-refractivity contribution in [2.24, 2.45) is 0 Å². The summed E-state index contributed by atoms with van der Waals surface area (Å²) in [6.45, 7) is 7.28. The number of benzene rings is 1. The zero-order chi connectivity index (χ0) is 21.8. The van der Waals surface area contributed by atoms with E-state index in [4.69, 9.17) is 9.15 Å². The van der Waals surface area contributed by atoms with Gasteiger partial charge < -0.3 is 19.0 Å². The van der Waals surface area contributed by atoms with Crippen molar-refractivity contribution in [2.45, 2.75) is 65.0 Å². The van der Waals surface area contributed by atoms with Gasteiger partial charge in [-0.05, 0) is 57.2 Å². The quantitative estimate of drug-likeness (QED) is 0.655. The summed E-state index contributed by atoms with van der Waals surface area (Å²) >= 11 is 0. The van der Waals surface area contributed by atoms with Gasteiger partial charge in [0.1, 0.15) is 16.9 Å². The van der Waals surface area contributed by atoms with E-state index in [0.717, 1.165) is 52.9 Å². The number of hydrogen-bond donors (Lipinski definition) is 1. The van der Waals surface area contributed by atoms with Crippen LogP contribution in [-0.4, -0.2) is 32.9 Å². The number of hydrogen-bond acceptors (Lipinski definition) is 5. The number of nitrogens with zero attached hydrogens (tertiary/aromatic N) is 2. The lowest BCUT2D eigenvalue weighted by molar-refractivity contribution is -0.132. The largest absolute Gasteiger partial charge is 0.487 e. The Balaban J connectivity index is 1.38. The third kappa shape index (κ3) is 3.62. The highest BCUT2D eigenvalue weighted by Crippen LogP contribution is 2.36. The molecular formula is C24H27N3O4. The lowest BCUT2D eigenvalue weighted by atomic mass is 9.92. The van der Waals surface area contributed by atoms with E-state index in [1.54, 1.807) is 6.33 Å². The van der Waals surface area contributed by atoms with Crippen molar-refractivity contribution in [1.29, 1.82) is 0 Å². The second kappa shape index (κ2) is 7.25. The van der Waals surface area contributed by atoms with E-state index in [1.165, 1.54) is 0 Å². The Hall–Kier alpha value is -3.09. The molecule has 162 valence electrons. The van der Waals surface area contributed by atoms with Crippen LogP contribution in [0.15, 0.2) is 27.7 Å². The first kappa shape index (κ1) is 19.8. The molecule has 0 fully saturated rings. The molecule has 7 heteroatoms. The van der Waals surface area contributed by atoms with Gasteiger partial charge in [-0.2, -0.15) is 0 Å². The summed E-state index contributed by atoms with van der Waals surface area (Å²) < 4.78 is 11.7. The molecule has 0 spiro atoms. The number of imidazole rings is 1. The van der Waals surface area contributed by atoms with Crippen molar-refractivity contribution >= 4 is 16.9 Å². The van der Waals surface area contributed by atoms with Gasteiger partial charge in [0.2, 0.25) is 5.91 Å². The Morgan fingerprint density at radius 2 is 2.13 bits per heavy atom. The molecule has 1 N–H and O–H groups in total. The van der Waals surface area contributed by atoms with Crippen molar-refractivity contribution in [3.05, 3.63) is 57.0 Å². The summed E-state index contributed by atoms with van der Waals surface area (Å²) in [4.78, 5) is 34.7. The summed E-state index contributed by atoms with van der Waals surface area (Å²) in [6, 6.07) is 3.92. The summed E-state index contributed by atoms with van der Waals surface area (Å²) in [7, 11) is 0. The summed E-state index contributed by atoms with van der Waals surface area (Å²) in [5.41, 5.74) is 4.58. The van der Waals surface area contributed by atoms with E-state index in [1.807, 2.05) is 17.9 Å². The van der Waals surface area contributed by atoms with Crippen LogP contribution in [-0.2, 0) is 30.6 Å². The van der Waals surface area contributed by atoms with Gasteiger partial charge in [-0.25, -0.2) is 9.78 Å². The minimum atomic E-state index is -0.373. The molecule has 0 unspecified atom stereocenters. The van der Waals surface area contributed by atoms with E-state index in [2.05, 4.69) is 29.9 Å². The molecule has 2 aliphatic heterocycles. The Morgan fingerprint density at radius 3 is 2.97 bits per heavy atom. The molecule has 0 atom stereocenters. The number of fused-ring (bicyclic) bond motifs is 3. The van der Waals surface area contributed by atoms with E-state index >= 15 is 0 Å². The van der Waals surface area contributed by atoms with Crippen LogP contribution in [0.3, 0.4) is 0 Å². The minimum absolute atomic E-state index is 0.0419. The fourth-order valence-electron chi connectivity index (χ4n) is 4.64. The number of aryl methyl sites for hydroxylation is 2. The van der Waals surface area contributed by atoms with Crippen molar-refractivity contribution < 1.29 is 13.9 Å². The highest BCUT2D eigenvalue weighted by atomic mass is 16.5. The van der Waals surface area contributed by atoms with Crippen LogP contribution in [0.2, 0.25) is 0 Å². The molecule has 1 aromatic carbocycles. The predicted octanol–water partition coefficient (Wildman–Crippen LogP) is 3.45. The molecule has 2 aliphatic rings. The highest BCUT2D eigenvalue weighted by molar-refractivity contribution is 5.84. The Kier molecular flexibility index (Phi) is 4.64. The van der Waals surface area contributed by atoms with Gasteiger partial charge >= 0.3 is 5.63 Å². The number of H-pyrrole nitrogens is 1. The molecule has 0 bridgehead atoms. The van der Waals surface area contributed by atoms with E-state index in [-0.39, 0.29) is 23.6 Å². The van der Waals surface area contributed by atoms with Crippen molar-refractivity contribution in [3.63, 3.8) is 0 Å². The normalized spacial score (nSPS) is 17.2. The Morgan fingerprint density at radius 1 is 1.29 bits per heavy atom. The molecule has 0 saturated carbocycles. The second-order valence-corrected chi connectivity index (χ2v) is 9.20. The van der Waals surface area contributed by atoms with Gasteiger partial charge in [-0.15, -0.1) is 0 Å². The fraction of sp³-hybridized carbons (Fsp3) is 0.458. The Bertz CT molecular complexity index is 1240.